The highest BCUT2D eigenvalue weighted by atomic mass is 16.7. The molecule has 0 spiro atoms. The number of aliphatic hydroxyl groups is 6. The van der Waals surface area contributed by atoms with Gasteiger partial charge in [-0.15, -0.1) is 0 Å². The summed E-state index contributed by atoms with van der Waals surface area (Å²) in [5.74, 6) is -0.779. The molecule has 11 nitrogen and oxygen atoms in total. The number of hydrogen-bond acceptors (Lipinski definition) is 11. The molecule has 1 saturated heterocycles. The SMILES string of the molecule is N#C/C=C1\[C@@H](O[C@@H]2O[C@H](CO)[C@@H](O)[C@H](O)[C@H]2O)C[C@@H](O)[C@H](OC(=O)c2ccccc2)[C@H]1O. The highest BCUT2D eigenvalue weighted by molar-refractivity contribution is 5.89. The van der Waals surface area contributed by atoms with E-state index in [1.807, 2.05) is 0 Å². The van der Waals surface area contributed by atoms with Crippen LogP contribution in [0.3, 0.4) is 0 Å². The van der Waals surface area contributed by atoms with E-state index in [4.69, 9.17) is 19.5 Å². The maximum atomic E-state index is 12.4. The van der Waals surface area contributed by atoms with Gasteiger partial charge < -0.3 is 44.8 Å². The van der Waals surface area contributed by atoms with Crippen LogP contribution in [0.2, 0.25) is 0 Å². The Hall–Kier alpha value is -2.40. The van der Waals surface area contributed by atoms with Gasteiger partial charge in [0.25, 0.3) is 0 Å². The van der Waals surface area contributed by atoms with Gasteiger partial charge in [0.2, 0.25) is 0 Å². The van der Waals surface area contributed by atoms with Crippen molar-refractivity contribution in [3.05, 3.63) is 47.5 Å². The fourth-order valence-electron chi connectivity index (χ4n) is 3.72. The standard InChI is InChI=1S/C21H25NO10/c22-7-6-11-13(30-21-18(28)17(27)16(26)14(9-23)31-21)8-12(24)19(15(11)25)32-20(29)10-4-2-1-3-5-10/h1-6,12-19,21,23-28H,8-9H2/b11-6+/t12-,13+,14-,15+,16-,17+,18-,19+,21-/m1/s1. The molecule has 0 bridgehead atoms. The molecule has 0 unspecified atom stereocenters. The maximum Gasteiger partial charge on any atom is 0.338 e. The molecule has 11 heteroatoms. The number of nitriles is 1. The third-order valence-electron chi connectivity index (χ3n) is 5.49. The Kier molecular flexibility index (Phi) is 7.94. The first kappa shape index (κ1) is 24.2. The van der Waals surface area contributed by atoms with E-state index in [-0.39, 0.29) is 17.6 Å². The molecule has 0 aromatic heterocycles. The summed E-state index contributed by atoms with van der Waals surface area (Å²) in [6.07, 6.45) is -12.6. The van der Waals surface area contributed by atoms with Gasteiger partial charge >= 0.3 is 5.97 Å². The van der Waals surface area contributed by atoms with Crippen LogP contribution in [-0.2, 0) is 14.2 Å². The van der Waals surface area contributed by atoms with Crippen molar-refractivity contribution in [2.24, 2.45) is 0 Å². The average molecular weight is 451 g/mol. The Morgan fingerprint density at radius 1 is 1.12 bits per heavy atom. The van der Waals surface area contributed by atoms with E-state index < -0.39 is 67.7 Å². The largest absolute Gasteiger partial charge is 0.453 e. The summed E-state index contributed by atoms with van der Waals surface area (Å²) >= 11 is 0. The minimum Gasteiger partial charge on any atom is -0.453 e. The van der Waals surface area contributed by atoms with Gasteiger partial charge in [-0.2, -0.15) is 5.26 Å². The first-order chi connectivity index (χ1) is 15.3. The molecule has 6 N–H and O–H groups in total. The van der Waals surface area contributed by atoms with Crippen LogP contribution in [-0.4, -0.2) is 98.3 Å². The Morgan fingerprint density at radius 3 is 2.44 bits per heavy atom. The topological polar surface area (TPSA) is 190 Å². The van der Waals surface area contributed by atoms with Crippen LogP contribution in [0.5, 0.6) is 0 Å². The molecule has 32 heavy (non-hydrogen) atoms. The zero-order valence-corrected chi connectivity index (χ0v) is 16.8. The van der Waals surface area contributed by atoms with Gasteiger partial charge in [0, 0.05) is 18.1 Å². The second kappa shape index (κ2) is 10.5. The van der Waals surface area contributed by atoms with Gasteiger partial charge in [0.05, 0.1) is 30.4 Å². The fraction of sp³-hybridized carbons (Fsp3) is 0.524. The summed E-state index contributed by atoms with van der Waals surface area (Å²) in [6.45, 7) is -0.668. The lowest BCUT2D eigenvalue weighted by atomic mass is 9.84. The summed E-state index contributed by atoms with van der Waals surface area (Å²) in [6, 6.07) is 9.69. The summed E-state index contributed by atoms with van der Waals surface area (Å²) in [4.78, 5) is 12.4. The van der Waals surface area contributed by atoms with Gasteiger partial charge in [0.1, 0.15) is 30.5 Å². The molecule has 1 aromatic rings. The Labute approximate surface area is 183 Å². The van der Waals surface area contributed by atoms with Crippen LogP contribution in [0.15, 0.2) is 42.0 Å². The lowest BCUT2D eigenvalue weighted by Gasteiger charge is -2.43. The Morgan fingerprint density at radius 2 is 1.81 bits per heavy atom. The summed E-state index contributed by atoms with van der Waals surface area (Å²) in [5, 5.41) is 69.7. The molecule has 9 atom stereocenters. The maximum absolute atomic E-state index is 12.4. The molecule has 2 fully saturated rings. The second-order valence-corrected chi connectivity index (χ2v) is 7.58. The quantitative estimate of drug-likeness (QED) is 0.214. The van der Waals surface area contributed by atoms with Crippen molar-refractivity contribution < 1.29 is 49.6 Å². The normalized spacial score (nSPS) is 38.8. The Balaban J connectivity index is 1.76. The monoisotopic (exact) mass is 451 g/mol. The molecular formula is C21H25NO10. The van der Waals surface area contributed by atoms with Crippen molar-refractivity contribution in [3.63, 3.8) is 0 Å². The lowest BCUT2D eigenvalue weighted by Crippen LogP contribution is -2.60. The van der Waals surface area contributed by atoms with Crippen LogP contribution in [0.4, 0.5) is 0 Å². The van der Waals surface area contributed by atoms with E-state index in [2.05, 4.69) is 0 Å². The van der Waals surface area contributed by atoms with E-state index in [1.54, 1.807) is 24.3 Å². The number of aliphatic hydroxyl groups excluding tert-OH is 6. The average Bonchev–Trinajstić information content (AvgIpc) is 2.79. The zero-order valence-electron chi connectivity index (χ0n) is 16.8. The van der Waals surface area contributed by atoms with E-state index >= 15 is 0 Å². The molecule has 0 amide bonds. The van der Waals surface area contributed by atoms with Crippen LogP contribution < -0.4 is 0 Å². The molecule has 1 aliphatic carbocycles. The number of hydrogen-bond donors (Lipinski definition) is 6. The molecule has 1 aromatic carbocycles. The third-order valence-corrected chi connectivity index (χ3v) is 5.49. The molecule has 2 aliphatic rings. The number of carbonyl (C=O) groups is 1. The number of carbonyl (C=O) groups excluding carboxylic acids is 1. The van der Waals surface area contributed by atoms with Crippen LogP contribution in [0.25, 0.3) is 0 Å². The minimum atomic E-state index is -1.71. The van der Waals surface area contributed by atoms with Crippen molar-refractivity contribution in [2.45, 2.75) is 61.5 Å². The lowest BCUT2D eigenvalue weighted by molar-refractivity contribution is -0.312. The van der Waals surface area contributed by atoms with Gasteiger partial charge in [-0.1, -0.05) is 18.2 Å². The van der Waals surface area contributed by atoms with Crippen molar-refractivity contribution in [2.75, 3.05) is 6.61 Å². The summed E-state index contributed by atoms with van der Waals surface area (Å²) in [7, 11) is 0. The molecule has 1 aliphatic heterocycles. The second-order valence-electron chi connectivity index (χ2n) is 7.58. The van der Waals surface area contributed by atoms with Crippen molar-refractivity contribution >= 4 is 5.97 Å². The van der Waals surface area contributed by atoms with Crippen LogP contribution in [0.1, 0.15) is 16.8 Å². The van der Waals surface area contributed by atoms with Crippen molar-refractivity contribution in [1.82, 2.24) is 0 Å². The third kappa shape index (κ3) is 4.98. The smallest absolute Gasteiger partial charge is 0.338 e. The summed E-state index contributed by atoms with van der Waals surface area (Å²) < 4.78 is 16.2. The predicted molar refractivity (Wildman–Crippen MR) is 105 cm³/mol. The van der Waals surface area contributed by atoms with Crippen molar-refractivity contribution in [3.8, 4) is 6.07 Å². The number of esters is 1. The minimum absolute atomic E-state index is 0.0411. The van der Waals surface area contributed by atoms with Crippen LogP contribution in [0, 0.1) is 11.3 Å². The molecule has 1 heterocycles. The number of allylic oxidation sites excluding steroid dienone is 1. The van der Waals surface area contributed by atoms with Crippen LogP contribution >= 0.6 is 0 Å². The van der Waals surface area contributed by atoms with E-state index in [1.165, 1.54) is 12.1 Å². The van der Waals surface area contributed by atoms with Gasteiger partial charge in [0.15, 0.2) is 12.4 Å². The molecule has 3 rings (SSSR count). The number of rotatable bonds is 5. The molecule has 0 radical (unpaired) electrons. The van der Waals surface area contributed by atoms with E-state index in [0.717, 1.165) is 6.08 Å². The number of ether oxygens (including phenoxy) is 3. The van der Waals surface area contributed by atoms with Gasteiger partial charge in [-0.3, -0.25) is 0 Å². The fourth-order valence-corrected chi connectivity index (χ4v) is 3.72. The highest BCUT2D eigenvalue weighted by Gasteiger charge is 2.48. The van der Waals surface area contributed by atoms with Crippen molar-refractivity contribution in [1.29, 1.82) is 5.26 Å². The number of benzene rings is 1. The van der Waals surface area contributed by atoms with E-state index in [9.17, 15) is 35.4 Å². The highest BCUT2D eigenvalue weighted by Crippen LogP contribution is 2.33. The molecule has 174 valence electrons. The predicted octanol–water partition coefficient (Wildman–Crippen LogP) is -2.03. The number of nitrogens with zero attached hydrogens (tertiary/aromatic N) is 1. The first-order valence-electron chi connectivity index (χ1n) is 9.96. The molecular weight excluding hydrogens is 426 g/mol. The molecule has 1 saturated carbocycles. The Bertz CT molecular complexity index is 854. The summed E-state index contributed by atoms with van der Waals surface area (Å²) in [5.41, 5.74) is 0.165. The first-order valence-corrected chi connectivity index (χ1v) is 9.96. The van der Waals surface area contributed by atoms with Gasteiger partial charge in [-0.25, -0.2) is 4.79 Å². The van der Waals surface area contributed by atoms with E-state index in [0.29, 0.717) is 0 Å². The van der Waals surface area contributed by atoms with Gasteiger partial charge in [-0.05, 0) is 12.1 Å². The zero-order chi connectivity index (χ0) is 23.4.